The van der Waals surface area contributed by atoms with E-state index >= 15 is 0 Å². The van der Waals surface area contributed by atoms with Gasteiger partial charge >= 0.3 is 0 Å². The van der Waals surface area contributed by atoms with E-state index in [0.29, 0.717) is 6.54 Å². The third-order valence-electron chi connectivity index (χ3n) is 2.46. The normalized spacial score (nSPS) is 34.2. The molecule has 2 heteroatoms. The monoisotopic (exact) mass is 145 g/mol. The topological polar surface area (TPSA) is 3.24 Å². The fraction of sp³-hybridized carbons (Fsp3) is 1.00. The molecule has 0 spiro atoms. The van der Waals surface area contributed by atoms with Crippen molar-refractivity contribution in [3.63, 3.8) is 0 Å². The van der Waals surface area contributed by atoms with Crippen molar-refractivity contribution in [2.24, 2.45) is 5.41 Å². The maximum Gasteiger partial charge on any atom is 0.118 e. The SMILES string of the molecule is CN1CCC(C)(C)[C@H](F)C1. The number of piperidine rings is 1. The molecule has 1 heterocycles. The van der Waals surface area contributed by atoms with Crippen LogP contribution in [0.4, 0.5) is 4.39 Å². The zero-order chi connectivity index (χ0) is 7.78. The van der Waals surface area contributed by atoms with E-state index in [1.165, 1.54) is 0 Å². The second kappa shape index (κ2) is 2.50. The highest BCUT2D eigenvalue weighted by molar-refractivity contribution is 4.85. The lowest BCUT2D eigenvalue weighted by atomic mass is 9.81. The molecule has 1 saturated heterocycles. The van der Waals surface area contributed by atoms with Gasteiger partial charge in [-0.3, -0.25) is 0 Å². The summed E-state index contributed by atoms with van der Waals surface area (Å²) >= 11 is 0. The van der Waals surface area contributed by atoms with E-state index in [0.717, 1.165) is 13.0 Å². The van der Waals surface area contributed by atoms with Crippen molar-refractivity contribution in [2.45, 2.75) is 26.4 Å². The molecule has 0 bridgehead atoms. The van der Waals surface area contributed by atoms with E-state index in [1.807, 2.05) is 20.9 Å². The lowest BCUT2D eigenvalue weighted by Gasteiger charge is -2.38. The minimum Gasteiger partial charge on any atom is -0.303 e. The van der Waals surface area contributed by atoms with Crippen LogP contribution in [0.25, 0.3) is 0 Å². The van der Waals surface area contributed by atoms with Crippen LogP contribution in [-0.2, 0) is 0 Å². The molecule has 0 radical (unpaired) electrons. The number of halogens is 1. The Morgan fingerprint density at radius 2 is 2.10 bits per heavy atom. The molecule has 10 heavy (non-hydrogen) atoms. The Labute approximate surface area is 62.2 Å². The highest BCUT2D eigenvalue weighted by atomic mass is 19.1. The molecule has 0 aromatic rings. The van der Waals surface area contributed by atoms with Crippen LogP contribution in [0.15, 0.2) is 0 Å². The van der Waals surface area contributed by atoms with Gasteiger partial charge in [0.2, 0.25) is 0 Å². The lowest BCUT2D eigenvalue weighted by molar-refractivity contribution is 0.0440. The van der Waals surface area contributed by atoms with Crippen LogP contribution in [0.1, 0.15) is 20.3 Å². The van der Waals surface area contributed by atoms with Gasteiger partial charge in [-0.2, -0.15) is 0 Å². The van der Waals surface area contributed by atoms with Gasteiger partial charge in [0, 0.05) is 6.54 Å². The van der Waals surface area contributed by atoms with Gasteiger partial charge in [0.15, 0.2) is 0 Å². The Kier molecular flexibility index (Phi) is 1.99. The van der Waals surface area contributed by atoms with Gasteiger partial charge in [0.05, 0.1) is 0 Å². The number of hydrogen-bond donors (Lipinski definition) is 0. The van der Waals surface area contributed by atoms with Gasteiger partial charge in [0.25, 0.3) is 0 Å². The third kappa shape index (κ3) is 1.48. The largest absolute Gasteiger partial charge is 0.303 e. The molecule has 1 rings (SSSR count). The number of rotatable bonds is 0. The fourth-order valence-electron chi connectivity index (χ4n) is 1.25. The van der Waals surface area contributed by atoms with Gasteiger partial charge in [0.1, 0.15) is 6.17 Å². The van der Waals surface area contributed by atoms with Gasteiger partial charge in [-0.1, -0.05) is 13.8 Å². The van der Waals surface area contributed by atoms with Gasteiger partial charge in [-0.15, -0.1) is 0 Å². The number of nitrogens with zero attached hydrogens (tertiary/aromatic N) is 1. The minimum absolute atomic E-state index is 0.0908. The van der Waals surface area contributed by atoms with Crippen molar-refractivity contribution in [3.05, 3.63) is 0 Å². The third-order valence-corrected chi connectivity index (χ3v) is 2.46. The Morgan fingerprint density at radius 3 is 2.50 bits per heavy atom. The first-order chi connectivity index (χ1) is 4.52. The Bertz CT molecular complexity index is 122. The minimum atomic E-state index is -0.647. The van der Waals surface area contributed by atoms with Gasteiger partial charge in [-0.05, 0) is 25.4 Å². The average molecular weight is 145 g/mol. The average Bonchev–Trinajstić information content (AvgIpc) is 1.81. The second-order valence-corrected chi connectivity index (χ2v) is 3.97. The summed E-state index contributed by atoms with van der Waals surface area (Å²) in [5.74, 6) is 0. The van der Waals surface area contributed by atoms with Gasteiger partial charge in [-0.25, -0.2) is 4.39 Å². The Morgan fingerprint density at radius 1 is 1.50 bits per heavy atom. The van der Waals surface area contributed by atoms with Crippen LogP contribution in [0.2, 0.25) is 0 Å². The van der Waals surface area contributed by atoms with Crippen molar-refractivity contribution in [2.75, 3.05) is 20.1 Å². The van der Waals surface area contributed by atoms with E-state index in [4.69, 9.17) is 0 Å². The first-order valence-corrected chi connectivity index (χ1v) is 3.85. The molecular weight excluding hydrogens is 129 g/mol. The molecule has 1 atom stereocenters. The molecule has 0 amide bonds. The molecule has 0 N–H and O–H groups in total. The molecule has 0 aromatic carbocycles. The molecule has 0 aromatic heterocycles. The summed E-state index contributed by atoms with van der Waals surface area (Å²) in [6.45, 7) is 5.65. The van der Waals surface area contributed by atoms with Crippen LogP contribution in [0.3, 0.4) is 0 Å². The molecule has 0 unspecified atom stereocenters. The second-order valence-electron chi connectivity index (χ2n) is 3.97. The summed E-state index contributed by atoms with van der Waals surface area (Å²) in [5, 5.41) is 0. The summed E-state index contributed by atoms with van der Waals surface area (Å²) in [6.07, 6.45) is 0.330. The maximum absolute atomic E-state index is 13.2. The predicted molar refractivity (Wildman–Crippen MR) is 40.8 cm³/mol. The van der Waals surface area contributed by atoms with Crippen LogP contribution >= 0.6 is 0 Å². The summed E-state index contributed by atoms with van der Waals surface area (Å²) in [7, 11) is 1.97. The molecule has 1 aliphatic heterocycles. The van der Waals surface area contributed by atoms with Crippen molar-refractivity contribution >= 4 is 0 Å². The Balaban J connectivity index is 2.52. The zero-order valence-electron chi connectivity index (χ0n) is 7.02. The molecule has 1 fully saturated rings. The zero-order valence-corrected chi connectivity index (χ0v) is 7.02. The van der Waals surface area contributed by atoms with E-state index in [-0.39, 0.29) is 5.41 Å². The summed E-state index contributed by atoms with van der Waals surface area (Å²) in [6, 6.07) is 0. The lowest BCUT2D eigenvalue weighted by Crippen LogP contribution is -2.44. The summed E-state index contributed by atoms with van der Waals surface area (Å²) in [5.41, 5.74) is -0.0908. The summed E-state index contributed by atoms with van der Waals surface area (Å²) in [4.78, 5) is 2.05. The number of likely N-dealkylation sites (tertiary alicyclic amines) is 1. The van der Waals surface area contributed by atoms with Crippen LogP contribution < -0.4 is 0 Å². The Hall–Kier alpha value is -0.110. The van der Waals surface area contributed by atoms with Crippen LogP contribution in [0.5, 0.6) is 0 Å². The quantitative estimate of drug-likeness (QED) is 0.501. The van der Waals surface area contributed by atoms with Crippen LogP contribution in [-0.4, -0.2) is 31.2 Å². The molecule has 1 nitrogen and oxygen atoms in total. The predicted octanol–water partition coefficient (Wildman–Crippen LogP) is 1.69. The number of alkyl halides is 1. The van der Waals surface area contributed by atoms with Crippen molar-refractivity contribution in [1.82, 2.24) is 4.90 Å². The highest BCUT2D eigenvalue weighted by Crippen LogP contribution is 2.31. The molecule has 1 aliphatic rings. The summed E-state index contributed by atoms with van der Waals surface area (Å²) < 4.78 is 13.2. The smallest absolute Gasteiger partial charge is 0.118 e. The molecule has 60 valence electrons. The van der Waals surface area contributed by atoms with E-state index in [2.05, 4.69) is 4.90 Å². The first kappa shape index (κ1) is 7.99. The standard InChI is InChI=1S/C8H16FN/c1-8(2)4-5-10(3)6-7(8)9/h7H,4-6H2,1-3H3/t7-/m1/s1. The van der Waals surface area contributed by atoms with Crippen molar-refractivity contribution < 1.29 is 4.39 Å². The molecule has 0 aliphatic carbocycles. The number of hydrogen-bond acceptors (Lipinski definition) is 1. The van der Waals surface area contributed by atoms with Crippen molar-refractivity contribution in [1.29, 1.82) is 0 Å². The van der Waals surface area contributed by atoms with E-state index in [9.17, 15) is 4.39 Å². The molecule has 0 saturated carbocycles. The first-order valence-electron chi connectivity index (χ1n) is 3.85. The van der Waals surface area contributed by atoms with E-state index in [1.54, 1.807) is 0 Å². The highest BCUT2D eigenvalue weighted by Gasteiger charge is 2.34. The molecular formula is C8H16FN. The maximum atomic E-state index is 13.2. The van der Waals surface area contributed by atoms with Gasteiger partial charge < -0.3 is 4.90 Å². The van der Waals surface area contributed by atoms with Crippen LogP contribution in [0, 0.1) is 5.41 Å². The fourth-order valence-corrected chi connectivity index (χ4v) is 1.25. The van der Waals surface area contributed by atoms with E-state index < -0.39 is 6.17 Å². The van der Waals surface area contributed by atoms with Crippen molar-refractivity contribution in [3.8, 4) is 0 Å².